The van der Waals surface area contributed by atoms with E-state index in [-0.39, 0.29) is 5.91 Å². The monoisotopic (exact) mass is 460 g/mol. The summed E-state index contributed by atoms with van der Waals surface area (Å²) in [6, 6.07) is 10.9. The first-order valence-electron chi connectivity index (χ1n) is 12.0. The highest BCUT2D eigenvalue weighted by Crippen LogP contribution is 2.39. The number of methoxy groups -OCH3 is 1. The minimum absolute atomic E-state index is 0.189. The Bertz CT molecular complexity index is 1330. The van der Waals surface area contributed by atoms with E-state index in [2.05, 4.69) is 52.4 Å². The molecule has 0 bridgehead atoms. The standard InChI is InChI=1S/C26H32N6O2/c1-16(2)25-20-11-18(17-7-9-31(10-8-17)23(33)14-27-3)5-6-21(20)30-26(25)19-12-22-28-15-29-32(22)24(13-19)34-4/h5-6,11-13,15-17,27,30H,7-10,14H2,1-4H3. The maximum absolute atomic E-state index is 12.2. The van der Waals surface area contributed by atoms with Gasteiger partial charge in [-0.05, 0) is 61.1 Å². The van der Waals surface area contributed by atoms with Crippen molar-refractivity contribution in [1.29, 1.82) is 0 Å². The molecule has 4 heterocycles. The third-order valence-corrected chi connectivity index (χ3v) is 6.93. The Morgan fingerprint density at radius 2 is 2.03 bits per heavy atom. The Hall–Kier alpha value is -3.39. The zero-order valence-electron chi connectivity index (χ0n) is 20.3. The Balaban J connectivity index is 1.51. The van der Waals surface area contributed by atoms with Gasteiger partial charge >= 0.3 is 0 Å². The molecule has 0 aliphatic carbocycles. The number of rotatable bonds is 6. The van der Waals surface area contributed by atoms with Crippen molar-refractivity contribution in [1.82, 2.24) is 29.8 Å². The minimum Gasteiger partial charge on any atom is -0.481 e. The number of likely N-dealkylation sites (N-methyl/N-ethyl adjacent to an activating group) is 1. The van der Waals surface area contributed by atoms with Crippen molar-refractivity contribution < 1.29 is 9.53 Å². The average Bonchev–Trinajstić information content (AvgIpc) is 3.48. The number of hydrogen-bond acceptors (Lipinski definition) is 5. The van der Waals surface area contributed by atoms with Crippen molar-refractivity contribution in [2.24, 2.45) is 0 Å². The summed E-state index contributed by atoms with van der Waals surface area (Å²) >= 11 is 0. The van der Waals surface area contributed by atoms with Crippen molar-refractivity contribution in [3.63, 3.8) is 0 Å². The van der Waals surface area contributed by atoms with E-state index in [0.717, 1.165) is 48.4 Å². The van der Waals surface area contributed by atoms with Gasteiger partial charge in [-0.1, -0.05) is 19.9 Å². The number of fused-ring (bicyclic) bond motifs is 2. The number of aromatic amines is 1. The summed E-state index contributed by atoms with van der Waals surface area (Å²) in [5.41, 5.74) is 6.66. The van der Waals surface area contributed by atoms with Crippen LogP contribution in [0, 0.1) is 0 Å². The molecule has 1 aliphatic rings. The molecule has 1 fully saturated rings. The van der Waals surface area contributed by atoms with Crippen LogP contribution < -0.4 is 10.1 Å². The zero-order valence-corrected chi connectivity index (χ0v) is 20.3. The average molecular weight is 461 g/mol. The first-order valence-corrected chi connectivity index (χ1v) is 12.0. The van der Waals surface area contributed by atoms with Gasteiger partial charge in [0.15, 0.2) is 5.65 Å². The van der Waals surface area contributed by atoms with Gasteiger partial charge in [0.25, 0.3) is 0 Å². The number of aromatic nitrogens is 4. The highest BCUT2D eigenvalue weighted by Gasteiger charge is 2.25. The summed E-state index contributed by atoms with van der Waals surface area (Å²) < 4.78 is 7.28. The van der Waals surface area contributed by atoms with Crippen LogP contribution in [-0.4, -0.2) is 64.2 Å². The number of piperidine rings is 1. The third-order valence-electron chi connectivity index (χ3n) is 6.93. The number of likely N-dealkylation sites (tertiary alicyclic amines) is 1. The number of nitrogens with zero attached hydrogens (tertiary/aromatic N) is 4. The number of nitrogens with one attached hydrogen (secondary N) is 2. The fourth-order valence-electron chi connectivity index (χ4n) is 5.22. The minimum atomic E-state index is 0.189. The second-order valence-electron chi connectivity index (χ2n) is 9.38. The lowest BCUT2D eigenvalue weighted by atomic mass is 9.87. The first-order chi connectivity index (χ1) is 16.5. The lowest BCUT2D eigenvalue weighted by Crippen LogP contribution is -2.41. The van der Waals surface area contributed by atoms with Crippen LogP contribution in [0.2, 0.25) is 0 Å². The van der Waals surface area contributed by atoms with E-state index >= 15 is 0 Å². The van der Waals surface area contributed by atoms with E-state index in [4.69, 9.17) is 4.74 Å². The lowest BCUT2D eigenvalue weighted by molar-refractivity contribution is -0.131. The maximum atomic E-state index is 12.2. The Morgan fingerprint density at radius 3 is 2.74 bits per heavy atom. The number of ether oxygens (including phenoxy) is 1. The van der Waals surface area contributed by atoms with Crippen LogP contribution in [0.1, 0.15) is 49.7 Å². The molecule has 178 valence electrons. The summed E-state index contributed by atoms with van der Waals surface area (Å²) in [7, 11) is 3.47. The highest BCUT2D eigenvalue weighted by atomic mass is 16.5. The number of carbonyl (C=O) groups excluding carboxylic acids is 1. The van der Waals surface area contributed by atoms with Crippen molar-refractivity contribution in [2.75, 3.05) is 33.8 Å². The molecule has 8 heteroatoms. The molecular weight excluding hydrogens is 428 g/mol. The van der Waals surface area contributed by atoms with Crippen LogP contribution in [0.3, 0.4) is 0 Å². The molecule has 0 atom stereocenters. The molecule has 0 radical (unpaired) electrons. The smallest absolute Gasteiger partial charge is 0.236 e. The molecule has 1 aromatic carbocycles. The van der Waals surface area contributed by atoms with Crippen LogP contribution in [0.15, 0.2) is 36.7 Å². The lowest BCUT2D eigenvalue weighted by Gasteiger charge is -2.32. The van der Waals surface area contributed by atoms with Crippen LogP contribution >= 0.6 is 0 Å². The number of pyridine rings is 1. The summed E-state index contributed by atoms with van der Waals surface area (Å²) in [4.78, 5) is 22.2. The van der Waals surface area contributed by atoms with E-state index in [1.807, 2.05) is 24.1 Å². The van der Waals surface area contributed by atoms with Crippen LogP contribution in [0.25, 0.3) is 27.8 Å². The molecule has 0 unspecified atom stereocenters. The van der Waals surface area contributed by atoms with Gasteiger partial charge in [-0.25, -0.2) is 4.98 Å². The zero-order chi connectivity index (χ0) is 23.8. The van der Waals surface area contributed by atoms with E-state index in [0.29, 0.717) is 24.3 Å². The van der Waals surface area contributed by atoms with Gasteiger partial charge in [-0.15, -0.1) is 0 Å². The van der Waals surface area contributed by atoms with E-state index < -0.39 is 0 Å². The molecule has 0 saturated carbocycles. The normalized spacial score (nSPS) is 15.0. The first kappa shape index (κ1) is 22.4. The fraction of sp³-hybridized carbons (Fsp3) is 0.423. The predicted octanol–water partition coefficient (Wildman–Crippen LogP) is 3.94. The van der Waals surface area contributed by atoms with Gasteiger partial charge in [-0.2, -0.15) is 9.61 Å². The number of amides is 1. The molecule has 0 spiro atoms. The van der Waals surface area contributed by atoms with Crippen LogP contribution in [-0.2, 0) is 4.79 Å². The molecule has 1 aliphatic heterocycles. The van der Waals surface area contributed by atoms with Gasteiger partial charge in [0.1, 0.15) is 6.33 Å². The molecule has 3 aromatic heterocycles. The summed E-state index contributed by atoms with van der Waals surface area (Å²) in [5.74, 6) is 1.64. The molecule has 1 amide bonds. The fourth-order valence-corrected chi connectivity index (χ4v) is 5.22. The van der Waals surface area contributed by atoms with Crippen molar-refractivity contribution in [3.05, 3.63) is 47.8 Å². The molecule has 2 N–H and O–H groups in total. The summed E-state index contributed by atoms with van der Waals surface area (Å²) in [6.07, 6.45) is 3.53. The maximum Gasteiger partial charge on any atom is 0.236 e. The number of carbonyl (C=O) groups is 1. The number of benzene rings is 1. The van der Waals surface area contributed by atoms with Gasteiger partial charge in [0.05, 0.1) is 19.3 Å². The molecule has 5 rings (SSSR count). The van der Waals surface area contributed by atoms with Gasteiger partial charge < -0.3 is 19.9 Å². The SMILES string of the molecule is CNCC(=O)N1CCC(c2ccc3[nH]c(-c4cc(OC)n5ncnc5c4)c(C(C)C)c3c2)CC1. The van der Waals surface area contributed by atoms with Crippen molar-refractivity contribution in [2.45, 2.75) is 38.5 Å². The van der Waals surface area contributed by atoms with Crippen molar-refractivity contribution >= 4 is 22.5 Å². The largest absolute Gasteiger partial charge is 0.481 e. The summed E-state index contributed by atoms with van der Waals surface area (Å²) in [6.45, 7) is 6.51. The molecule has 8 nitrogen and oxygen atoms in total. The molecule has 1 saturated heterocycles. The van der Waals surface area contributed by atoms with Crippen LogP contribution in [0.4, 0.5) is 0 Å². The number of H-pyrrole nitrogens is 1. The topological polar surface area (TPSA) is 87.5 Å². The third kappa shape index (κ3) is 3.92. The van der Waals surface area contributed by atoms with Crippen molar-refractivity contribution in [3.8, 4) is 17.1 Å². The highest BCUT2D eigenvalue weighted by molar-refractivity contribution is 5.92. The molecule has 34 heavy (non-hydrogen) atoms. The van der Waals surface area contributed by atoms with Gasteiger partial charge in [0, 0.05) is 35.6 Å². The quantitative estimate of drug-likeness (QED) is 0.455. The Morgan fingerprint density at radius 1 is 1.24 bits per heavy atom. The van der Waals surface area contributed by atoms with E-state index in [1.54, 1.807) is 18.0 Å². The Labute approximate surface area is 199 Å². The van der Waals surface area contributed by atoms with Crippen LogP contribution in [0.5, 0.6) is 5.88 Å². The second kappa shape index (κ2) is 9.10. The Kier molecular flexibility index (Phi) is 6.00. The van der Waals surface area contributed by atoms with E-state index in [9.17, 15) is 4.79 Å². The number of hydrogen-bond donors (Lipinski definition) is 2. The van der Waals surface area contributed by atoms with Gasteiger partial charge in [0.2, 0.25) is 11.8 Å². The van der Waals surface area contributed by atoms with E-state index in [1.165, 1.54) is 16.5 Å². The summed E-state index contributed by atoms with van der Waals surface area (Å²) in [5, 5.41) is 8.48. The molecule has 4 aromatic rings. The predicted molar refractivity (Wildman–Crippen MR) is 133 cm³/mol. The van der Waals surface area contributed by atoms with Gasteiger partial charge in [-0.3, -0.25) is 4.79 Å². The second-order valence-corrected chi connectivity index (χ2v) is 9.38. The molecular formula is C26H32N6O2.